The lowest BCUT2D eigenvalue weighted by atomic mass is 9.94. The lowest BCUT2D eigenvalue weighted by Gasteiger charge is -2.28. The van der Waals surface area contributed by atoms with Crippen molar-refractivity contribution in [2.24, 2.45) is 0 Å². The van der Waals surface area contributed by atoms with Gasteiger partial charge in [0.1, 0.15) is 0 Å². The highest BCUT2D eigenvalue weighted by molar-refractivity contribution is 7.90. The number of halogens is 2. The third-order valence-corrected chi connectivity index (χ3v) is 5.63. The maximum absolute atomic E-state index is 11.9. The molecular weight excluding hydrogens is 435 g/mol. The average molecular weight is 465 g/mol. The van der Waals surface area contributed by atoms with Gasteiger partial charge >= 0.3 is 10.2 Å². The molecule has 7 nitrogen and oxygen atoms in total. The third kappa shape index (κ3) is 8.86. The van der Waals surface area contributed by atoms with E-state index in [0.29, 0.717) is 12.2 Å². The third-order valence-electron chi connectivity index (χ3n) is 4.17. The maximum Gasteiger partial charge on any atom is 0.301 e. The number of rotatable bonds is 9. The van der Waals surface area contributed by atoms with Crippen LogP contribution in [-0.2, 0) is 16.6 Å². The molecule has 0 unspecified atom stereocenters. The van der Waals surface area contributed by atoms with Gasteiger partial charge in [-0.25, -0.2) is 0 Å². The molecule has 1 heterocycles. The molecule has 2 aromatic rings. The summed E-state index contributed by atoms with van der Waals surface area (Å²) in [6, 6.07) is 10.9. The highest BCUT2D eigenvalue weighted by atomic mass is 35.5. The first-order valence-corrected chi connectivity index (χ1v) is 10.2. The molecule has 0 fully saturated rings. The molecule has 0 saturated heterocycles. The van der Waals surface area contributed by atoms with Crippen molar-refractivity contribution >= 4 is 40.7 Å². The summed E-state index contributed by atoms with van der Waals surface area (Å²) in [5.74, 6) is 0. The summed E-state index contributed by atoms with van der Waals surface area (Å²) in [7, 11) is -0.552. The zero-order valence-corrected chi connectivity index (χ0v) is 19.4. The van der Waals surface area contributed by atoms with Gasteiger partial charge in [0.05, 0.1) is 6.10 Å². The molecule has 1 aromatic carbocycles. The van der Waals surface area contributed by atoms with Crippen molar-refractivity contribution in [2.75, 3.05) is 25.4 Å². The van der Waals surface area contributed by atoms with Crippen LogP contribution < -0.4 is 10.0 Å². The fourth-order valence-corrected chi connectivity index (χ4v) is 3.18. The van der Waals surface area contributed by atoms with Crippen molar-refractivity contribution in [1.29, 1.82) is 0 Å². The quantitative estimate of drug-likeness (QED) is 0.530. The normalized spacial score (nSPS) is 12.6. The van der Waals surface area contributed by atoms with Crippen LogP contribution >= 0.6 is 24.8 Å². The van der Waals surface area contributed by atoms with Gasteiger partial charge in [0.2, 0.25) is 0 Å². The van der Waals surface area contributed by atoms with E-state index in [1.165, 1.54) is 14.1 Å². The Balaban J connectivity index is 0.00000392. The van der Waals surface area contributed by atoms with Crippen molar-refractivity contribution in [1.82, 2.24) is 14.6 Å². The molecule has 29 heavy (non-hydrogen) atoms. The Labute approximate surface area is 185 Å². The summed E-state index contributed by atoms with van der Waals surface area (Å²) >= 11 is 0. The molecule has 0 aliphatic carbocycles. The fourth-order valence-electron chi connectivity index (χ4n) is 2.57. The Morgan fingerprint density at radius 2 is 1.76 bits per heavy atom. The zero-order valence-electron chi connectivity index (χ0n) is 17.0. The molecule has 164 valence electrons. The topological polar surface area (TPSA) is 94.6 Å². The largest absolute Gasteiger partial charge is 0.387 e. The van der Waals surface area contributed by atoms with Crippen LogP contribution in [0.1, 0.15) is 31.1 Å². The minimum atomic E-state index is -3.51. The number of aliphatic hydroxyl groups is 1. The molecule has 0 spiro atoms. The van der Waals surface area contributed by atoms with E-state index in [-0.39, 0.29) is 30.4 Å². The Morgan fingerprint density at radius 1 is 1.14 bits per heavy atom. The smallest absolute Gasteiger partial charge is 0.301 e. The molecular formula is C19H30Cl2N4O3S. The number of hydrogen-bond acceptors (Lipinski definition) is 5. The monoisotopic (exact) mass is 464 g/mol. The number of benzene rings is 1. The van der Waals surface area contributed by atoms with Crippen molar-refractivity contribution in [3.8, 4) is 0 Å². The summed E-state index contributed by atoms with van der Waals surface area (Å²) in [6.45, 7) is 4.54. The van der Waals surface area contributed by atoms with E-state index in [1.54, 1.807) is 30.6 Å². The van der Waals surface area contributed by atoms with Gasteiger partial charge in [0, 0.05) is 49.8 Å². The van der Waals surface area contributed by atoms with Gasteiger partial charge in [-0.1, -0.05) is 18.2 Å². The second kappa shape index (κ2) is 11.7. The van der Waals surface area contributed by atoms with E-state index in [4.69, 9.17) is 0 Å². The molecule has 1 atom stereocenters. The molecule has 3 N–H and O–H groups in total. The SMILES string of the molecule is CN(C)S(=O)(=O)Nc1ccc(CC(C)(C)NC[C@H](O)c2cccnc2)cc1.Cl.Cl. The van der Waals surface area contributed by atoms with Gasteiger partial charge < -0.3 is 10.4 Å². The zero-order chi connectivity index (χ0) is 20.1. The van der Waals surface area contributed by atoms with Crippen LogP contribution in [0.3, 0.4) is 0 Å². The number of anilines is 1. The molecule has 0 bridgehead atoms. The van der Waals surface area contributed by atoms with E-state index in [1.807, 2.05) is 18.2 Å². The summed E-state index contributed by atoms with van der Waals surface area (Å²) in [6.07, 6.45) is 3.44. The molecule has 0 aliphatic rings. The minimum absolute atomic E-state index is 0. The Hall–Kier alpha value is -1.42. The number of aromatic nitrogens is 1. The maximum atomic E-state index is 11.9. The first-order valence-electron chi connectivity index (χ1n) is 8.71. The molecule has 1 aromatic heterocycles. The van der Waals surface area contributed by atoms with Crippen LogP contribution in [-0.4, -0.2) is 49.0 Å². The molecule has 0 aliphatic heterocycles. The van der Waals surface area contributed by atoms with E-state index < -0.39 is 16.3 Å². The summed E-state index contributed by atoms with van der Waals surface area (Å²) < 4.78 is 27.3. The van der Waals surface area contributed by atoms with Crippen LogP contribution in [0.4, 0.5) is 5.69 Å². The summed E-state index contributed by atoms with van der Waals surface area (Å²) in [5, 5.41) is 13.6. The van der Waals surface area contributed by atoms with Gasteiger partial charge in [-0.3, -0.25) is 9.71 Å². The van der Waals surface area contributed by atoms with Crippen LogP contribution in [0.15, 0.2) is 48.8 Å². The van der Waals surface area contributed by atoms with E-state index in [0.717, 1.165) is 21.9 Å². The Bertz CT molecular complexity index is 832. The molecule has 10 heteroatoms. The lowest BCUT2D eigenvalue weighted by Crippen LogP contribution is -2.43. The first-order chi connectivity index (χ1) is 12.6. The van der Waals surface area contributed by atoms with Crippen molar-refractivity contribution < 1.29 is 13.5 Å². The predicted molar refractivity (Wildman–Crippen MR) is 122 cm³/mol. The van der Waals surface area contributed by atoms with E-state index in [2.05, 4.69) is 28.9 Å². The average Bonchev–Trinajstić information content (AvgIpc) is 2.61. The van der Waals surface area contributed by atoms with Crippen LogP contribution in [0.2, 0.25) is 0 Å². The van der Waals surface area contributed by atoms with Crippen molar-refractivity contribution in [3.05, 3.63) is 59.9 Å². The molecule has 0 saturated carbocycles. The summed E-state index contributed by atoms with van der Waals surface area (Å²) in [4.78, 5) is 4.02. The second-order valence-electron chi connectivity index (χ2n) is 7.33. The minimum Gasteiger partial charge on any atom is -0.387 e. The standard InChI is InChI=1S/C19H28N4O3S.2ClH/c1-19(2,21-14-18(24)16-6-5-11-20-13-16)12-15-7-9-17(10-8-15)22-27(25,26)23(3)4;;/h5-11,13,18,21-22,24H,12,14H2,1-4H3;2*1H/t18-;;/m0../s1. The fraction of sp³-hybridized carbons (Fsp3) is 0.421. The van der Waals surface area contributed by atoms with Gasteiger partial charge in [0.15, 0.2) is 0 Å². The highest BCUT2D eigenvalue weighted by Crippen LogP contribution is 2.18. The van der Waals surface area contributed by atoms with E-state index >= 15 is 0 Å². The first kappa shape index (κ1) is 27.6. The van der Waals surface area contributed by atoms with Crippen LogP contribution in [0.5, 0.6) is 0 Å². The molecule has 2 rings (SSSR count). The van der Waals surface area contributed by atoms with Gasteiger partial charge in [-0.05, 0) is 44.0 Å². The molecule has 0 radical (unpaired) electrons. The second-order valence-corrected chi connectivity index (χ2v) is 9.21. The highest BCUT2D eigenvalue weighted by Gasteiger charge is 2.20. The molecule has 0 amide bonds. The Kier molecular flexibility index (Phi) is 11.1. The van der Waals surface area contributed by atoms with E-state index in [9.17, 15) is 13.5 Å². The number of hydrogen-bond donors (Lipinski definition) is 3. The van der Waals surface area contributed by atoms with Gasteiger partial charge in [-0.2, -0.15) is 12.7 Å². The van der Waals surface area contributed by atoms with Crippen molar-refractivity contribution in [3.63, 3.8) is 0 Å². The van der Waals surface area contributed by atoms with Crippen molar-refractivity contribution in [2.45, 2.75) is 31.9 Å². The predicted octanol–water partition coefficient (Wildman–Crippen LogP) is 2.79. The van der Waals surface area contributed by atoms with Gasteiger partial charge in [0.25, 0.3) is 0 Å². The number of pyridine rings is 1. The number of β-amino-alcohol motifs (C(OH)–C–C–N with tert-alkyl or cyclic N) is 1. The number of aliphatic hydroxyl groups excluding tert-OH is 1. The number of nitrogens with zero attached hydrogens (tertiary/aromatic N) is 2. The summed E-state index contributed by atoms with van der Waals surface area (Å²) in [5.41, 5.74) is 2.12. The van der Waals surface area contributed by atoms with Gasteiger partial charge in [-0.15, -0.1) is 24.8 Å². The van der Waals surface area contributed by atoms with Crippen LogP contribution in [0, 0.1) is 0 Å². The number of nitrogens with one attached hydrogen (secondary N) is 2. The van der Waals surface area contributed by atoms with Crippen LogP contribution in [0.25, 0.3) is 0 Å². The Morgan fingerprint density at radius 3 is 2.28 bits per heavy atom. The lowest BCUT2D eigenvalue weighted by molar-refractivity contribution is 0.160.